The summed E-state index contributed by atoms with van der Waals surface area (Å²) in [6.07, 6.45) is 1.60. The molecule has 0 radical (unpaired) electrons. The predicted octanol–water partition coefficient (Wildman–Crippen LogP) is 1.40. The van der Waals surface area contributed by atoms with Gasteiger partial charge in [0, 0.05) is 19.3 Å². The van der Waals surface area contributed by atoms with E-state index in [1.165, 1.54) is 12.1 Å². The van der Waals surface area contributed by atoms with E-state index in [0.29, 0.717) is 18.9 Å². The molecule has 0 spiro atoms. The quantitative estimate of drug-likeness (QED) is 0.872. The zero-order valence-electron chi connectivity index (χ0n) is 11.0. The first kappa shape index (κ1) is 14.3. The Morgan fingerprint density at radius 3 is 2.90 bits per heavy atom. The van der Waals surface area contributed by atoms with Crippen LogP contribution in [-0.4, -0.2) is 31.7 Å². The van der Waals surface area contributed by atoms with Crippen LogP contribution in [0, 0.1) is 17.1 Å². The molecule has 1 aromatic carbocycles. The Morgan fingerprint density at radius 2 is 2.20 bits per heavy atom. The molecule has 0 aromatic heterocycles. The lowest BCUT2D eigenvalue weighted by molar-refractivity contribution is -0.120. The lowest BCUT2D eigenvalue weighted by atomic mass is 10.1. The smallest absolute Gasteiger partial charge is 0.239 e. The van der Waals surface area contributed by atoms with Crippen molar-refractivity contribution >= 4 is 11.6 Å². The van der Waals surface area contributed by atoms with Crippen LogP contribution in [0.25, 0.3) is 0 Å². The van der Waals surface area contributed by atoms with E-state index in [1.807, 2.05) is 0 Å². The molecule has 1 fully saturated rings. The van der Waals surface area contributed by atoms with Gasteiger partial charge in [0.05, 0.1) is 12.2 Å². The summed E-state index contributed by atoms with van der Waals surface area (Å²) in [7, 11) is 0. The minimum atomic E-state index is -0.595. The average Bonchev–Trinajstić information content (AvgIpc) is 2.46. The second-order valence-corrected chi connectivity index (χ2v) is 4.58. The van der Waals surface area contributed by atoms with Crippen molar-refractivity contribution in [2.75, 3.05) is 25.1 Å². The van der Waals surface area contributed by atoms with Crippen molar-refractivity contribution < 1.29 is 13.9 Å². The minimum absolute atomic E-state index is 0.00942. The van der Waals surface area contributed by atoms with Crippen LogP contribution in [0.2, 0.25) is 0 Å². The summed E-state index contributed by atoms with van der Waals surface area (Å²) in [5.74, 6) is -0.771. The fourth-order valence-corrected chi connectivity index (χ4v) is 2.08. The van der Waals surface area contributed by atoms with Crippen molar-refractivity contribution in [1.29, 1.82) is 5.26 Å². The van der Waals surface area contributed by atoms with Gasteiger partial charge in [-0.05, 0) is 25.0 Å². The van der Waals surface area contributed by atoms with E-state index in [1.54, 1.807) is 12.1 Å². The minimum Gasteiger partial charge on any atom is -0.381 e. The van der Waals surface area contributed by atoms with Crippen LogP contribution >= 0.6 is 0 Å². The molecule has 1 aliphatic heterocycles. The number of halogens is 1. The molecule has 20 heavy (non-hydrogen) atoms. The van der Waals surface area contributed by atoms with E-state index < -0.39 is 5.82 Å². The summed E-state index contributed by atoms with van der Waals surface area (Å²) in [4.78, 5) is 11.8. The number of nitrogens with one attached hydrogen (secondary N) is 2. The van der Waals surface area contributed by atoms with Crippen molar-refractivity contribution in [3.05, 3.63) is 29.6 Å². The summed E-state index contributed by atoms with van der Waals surface area (Å²) < 4.78 is 18.6. The number of anilines is 1. The van der Waals surface area contributed by atoms with Crippen LogP contribution in [0.15, 0.2) is 18.2 Å². The highest BCUT2D eigenvalue weighted by molar-refractivity contribution is 5.81. The van der Waals surface area contributed by atoms with Crippen LogP contribution in [0.4, 0.5) is 10.1 Å². The molecule has 0 bridgehead atoms. The average molecular weight is 277 g/mol. The Hall–Kier alpha value is -2.13. The molecule has 6 heteroatoms. The van der Waals surface area contributed by atoms with Gasteiger partial charge in [-0.15, -0.1) is 0 Å². The molecule has 106 valence electrons. The first-order chi connectivity index (χ1) is 9.70. The van der Waals surface area contributed by atoms with Gasteiger partial charge in [-0.2, -0.15) is 5.26 Å². The van der Waals surface area contributed by atoms with Gasteiger partial charge in [0.15, 0.2) is 0 Å². The normalized spacial score (nSPS) is 15.4. The van der Waals surface area contributed by atoms with Gasteiger partial charge in [0.25, 0.3) is 0 Å². The van der Waals surface area contributed by atoms with Crippen molar-refractivity contribution in [1.82, 2.24) is 5.32 Å². The number of nitriles is 1. The maximum absolute atomic E-state index is 13.4. The molecule has 5 nitrogen and oxygen atoms in total. The molecule has 1 aliphatic rings. The monoisotopic (exact) mass is 277 g/mol. The third-order valence-corrected chi connectivity index (χ3v) is 3.15. The van der Waals surface area contributed by atoms with Crippen molar-refractivity contribution in [2.45, 2.75) is 18.9 Å². The van der Waals surface area contributed by atoms with Crippen molar-refractivity contribution in [3.8, 4) is 6.07 Å². The maximum Gasteiger partial charge on any atom is 0.239 e. The van der Waals surface area contributed by atoms with Crippen LogP contribution in [0.1, 0.15) is 18.4 Å². The van der Waals surface area contributed by atoms with E-state index in [-0.39, 0.29) is 24.1 Å². The number of amides is 1. The summed E-state index contributed by atoms with van der Waals surface area (Å²) in [5.41, 5.74) is 0.251. The van der Waals surface area contributed by atoms with Gasteiger partial charge >= 0.3 is 0 Å². The highest BCUT2D eigenvalue weighted by Gasteiger charge is 2.16. The molecule has 1 aromatic rings. The molecule has 2 rings (SSSR count). The largest absolute Gasteiger partial charge is 0.381 e. The number of hydrogen-bond donors (Lipinski definition) is 2. The maximum atomic E-state index is 13.4. The Balaban J connectivity index is 1.87. The molecule has 0 aliphatic carbocycles. The van der Waals surface area contributed by atoms with Crippen LogP contribution in [0.3, 0.4) is 0 Å². The summed E-state index contributed by atoms with van der Waals surface area (Å²) in [6, 6.07) is 6.19. The molecule has 1 heterocycles. The molecule has 0 saturated carbocycles. The first-order valence-electron chi connectivity index (χ1n) is 6.50. The van der Waals surface area contributed by atoms with Gasteiger partial charge in [0.1, 0.15) is 17.4 Å². The second-order valence-electron chi connectivity index (χ2n) is 4.58. The summed E-state index contributed by atoms with van der Waals surface area (Å²) in [6.45, 7) is 1.32. The van der Waals surface area contributed by atoms with Gasteiger partial charge in [-0.1, -0.05) is 6.07 Å². The van der Waals surface area contributed by atoms with E-state index in [9.17, 15) is 9.18 Å². The predicted molar refractivity (Wildman–Crippen MR) is 71.6 cm³/mol. The van der Waals surface area contributed by atoms with Crippen LogP contribution in [0.5, 0.6) is 0 Å². The van der Waals surface area contributed by atoms with Crippen molar-refractivity contribution in [3.63, 3.8) is 0 Å². The van der Waals surface area contributed by atoms with Gasteiger partial charge in [-0.25, -0.2) is 4.39 Å². The first-order valence-corrected chi connectivity index (χ1v) is 6.50. The Labute approximate surface area is 116 Å². The number of benzene rings is 1. The van der Waals surface area contributed by atoms with Crippen LogP contribution < -0.4 is 10.6 Å². The molecule has 1 amide bonds. The zero-order valence-corrected chi connectivity index (χ0v) is 11.0. The lowest BCUT2D eigenvalue weighted by Gasteiger charge is -2.23. The van der Waals surface area contributed by atoms with E-state index in [4.69, 9.17) is 10.00 Å². The number of carbonyl (C=O) groups excluding carboxylic acids is 1. The third kappa shape index (κ3) is 3.68. The fourth-order valence-electron chi connectivity index (χ4n) is 2.08. The number of rotatable bonds is 4. The Bertz CT molecular complexity index is 522. The fraction of sp³-hybridized carbons (Fsp3) is 0.429. The van der Waals surface area contributed by atoms with Gasteiger partial charge < -0.3 is 15.4 Å². The van der Waals surface area contributed by atoms with E-state index >= 15 is 0 Å². The molecule has 0 unspecified atom stereocenters. The van der Waals surface area contributed by atoms with Crippen LogP contribution in [-0.2, 0) is 9.53 Å². The lowest BCUT2D eigenvalue weighted by Crippen LogP contribution is -2.41. The second kappa shape index (κ2) is 6.87. The molecule has 0 atom stereocenters. The summed E-state index contributed by atoms with van der Waals surface area (Å²) >= 11 is 0. The topological polar surface area (TPSA) is 74.2 Å². The van der Waals surface area contributed by atoms with Gasteiger partial charge in [-0.3, -0.25) is 4.79 Å². The molecule has 1 saturated heterocycles. The number of ether oxygens (including phenoxy) is 1. The highest BCUT2D eigenvalue weighted by Crippen LogP contribution is 2.17. The highest BCUT2D eigenvalue weighted by atomic mass is 19.1. The molecular formula is C14H16FN3O2. The number of carbonyl (C=O) groups is 1. The van der Waals surface area contributed by atoms with E-state index in [0.717, 1.165) is 12.8 Å². The molecular weight excluding hydrogens is 261 g/mol. The summed E-state index contributed by atoms with van der Waals surface area (Å²) in [5, 5.41) is 14.6. The molecule has 2 N–H and O–H groups in total. The Kier molecular flexibility index (Phi) is 4.91. The van der Waals surface area contributed by atoms with Gasteiger partial charge in [0.2, 0.25) is 5.91 Å². The number of nitrogens with zero attached hydrogens (tertiary/aromatic N) is 1. The van der Waals surface area contributed by atoms with Crippen molar-refractivity contribution in [2.24, 2.45) is 0 Å². The SMILES string of the molecule is N#Cc1c(F)cccc1NCC(=O)NC1CCOCC1. The zero-order chi connectivity index (χ0) is 14.4. The van der Waals surface area contributed by atoms with E-state index in [2.05, 4.69) is 10.6 Å². The number of hydrogen-bond acceptors (Lipinski definition) is 4. The standard InChI is InChI=1S/C14H16FN3O2/c15-12-2-1-3-13(11(12)8-16)17-9-14(19)18-10-4-6-20-7-5-10/h1-3,10,17H,4-7,9H2,(H,18,19). The Morgan fingerprint density at radius 1 is 1.45 bits per heavy atom. The third-order valence-electron chi connectivity index (χ3n) is 3.15.